The van der Waals surface area contributed by atoms with Gasteiger partial charge in [0.05, 0.1) is 12.5 Å². The van der Waals surface area contributed by atoms with Crippen molar-refractivity contribution in [1.29, 1.82) is 0 Å². The molecule has 2 heteroatoms. The zero-order valence-corrected chi connectivity index (χ0v) is 9.75. The molecule has 84 valence electrons. The molecule has 1 aromatic rings. The van der Waals surface area contributed by atoms with Crippen LogP contribution in [0.5, 0.6) is 0 Å². The molecule has 0 aliphatic heterocycles. The van der Waals surface area contributed by atoms with E-state index in [1.165, 1.54) is 31.2 Å². The molecule has 1 unspecified atom stereocenters. The molecule has 15 heavy (non-hydrogen) atoms. The van der Waals surface area contributed by atoms with E-state index in [1.54, 1.807) is 6.26 Å². The molecule has 2 nitrogen and oxygen atoms in total. The van der Waals surface area contributed by atoms with Crippen LogP contribution in [0.15, 0.2) is 23.0 Å². The molecule has 0 saturated heterocycles. The van der Waals surface area contributed by atoms with E-state index >= 15 is 0 Å². The Morgan fingerprint density at radius 1 is 1.47 bits per heavy atom. The summed E-state index contributed by atoms with van der Waals surface area (Å²) in [4.78, 5) is 0. The summed E-state index contributed by atoms with van der Waals surface area (Å²) >= 11 is 0. The van der Waals surface area contributed by atoms with Crippen molar-refractivity contribution < 1.29 is 4.42 Å². The summed E-state index contributed by atoms with van der Waals surface area (Å²) < 4.78 is 5.07. The van der Waals surface area contributed by atoms with Gasteiger partial charge in [-0.1, -0.05) is 26.7 Å². The molecular weight excluding hydrogens is 186 g/mol. The summed E-state index contributed by atoms with van der Waals surface area (Å²) in [6.45, 7) is 5.68. The predicted octanol–water partition coefficient (Wildman–Crippen LogP) is 3.34. The Morgan fingerprint density at radius 3 is 3.00 bits per heavy atom. The van der Waals surface area contributed by atoms with Crippen molar-refractivity contribution in [2.45, 2.75) is 52.1 Å². The van der Waals surface area contributed by atoms with Gasteiger partial charge < -0.3 is 9.73 Å². The van der Waals surface area contributed by atoms with Gasteiger partial charge in [-0.25, -0.2) is 0 Å². The first-order valence-corrected chi connectivity index (χ1v) is 5.93. The number of furan rings is 1. The van der Waals surface area contributed by atoms with Gasteiger partial charge >= 0.3 is 0 Å². The molecule has 0 spiro atoms. The highest BCUT2D eigenvalue weighted by Crippen LogP contribution is 2.35. The molecule has 0 radical (unpaired) electrons. The van der Waals surface area contributed by atoms with Crippen molar-refractivity contribution in [3.8, 4) is 0 Å². The molecule has 2 rings (SSSR count). The molecule has 1 saturated carbocycles. The summed E-state index contributed by atoms with van der Waals surface area (Å²) in [5.41, 5.74) is 1.69. The van der Waals surface area contributed by atoms with Gasteiger partial charge in [0.1, 0.15) is 0 Å². The minimum atomic E-state index is 0.446. The fourth-order valence-corrected chi connectivity index (χ4v) is 2.51. The van der Waals surface area contributed by atoms with E-state index in [9.17, 15) is 0 Å². The van der Waals surface area contributed by atoms with Crippen LogP contribution in [0.2, 0.25) is 0 Å². The van der Waals surface area contributed by atoms with Crippen LogP contribution in [0.1, 0.15) is 45.1 Å². The molecule has 1 atom stereocenters. The highest BCUT2D eigenvalue weighted by Gasteiger charge is 2.31. The second kappa shape index (κ2) is 4.40. The van der Waals surface area contributed by atoms with Crippen LogP contribution in [0, 0.1) is 5.41 Å². The van der Waals surface area contributed by atoms with Crippen molar-refractivity contribution in [2.75, 3.05) is 0 Å². The molecule has 1 aliphatic carbocycles. The average molecular weight is 207 g/mol. The highest BCUT2D eigenvalue weighted by atomic mass is 16.3. The molecule has 1 aliphatic rings. The lowest BCUT2D eigenvalue weighted by atomic mass is 9.73. The van der Waals surface area contributed by atoms with Crippen LogP contribution in [0.25, 0.3) is 0 Å². The Kier molecular flexibility index (Phi) is 3.15. The topological polar surface area (TPSA) is 25.2 Å². The largest absolute Gasteiger partial charge is 0.472 e. The SMILES string of the molecule is CC1(C)CCCCC1NCc1ccoc1. The predicted molar refractivity (Wildman–Crippen MR) is 61.6 cm³/mol. The monoisotopic (exact) mass is 207 g/mol. The standard InChI is InChI=1S/C13H21NO/c1-13(2)7-4-3-5-12(13)14-9-11-6-8-15-10-11/h6,8,10,12,14H,3-5,7,9H2,1-2H3. The molecular formula is C13H21NO. The zero-order valence-electron chi connectivity index (χ0n) is 9.75. The molecule has 0 amide bonds. The van der Waals surface area contributed by atoms with Crippen LogP contribution < -0.4 is 5.32 Å². The smallest absolute Gasteiger partial charge is 0.0947 e. The Morgan fingerprint density at radius 2 is 2.33 bits per heavy atom. The first-order valence-electron chi connectivity index (χ1n) is 5.93. The Balaban J connectivity index is 1.88. The van der Waals surface area contributed by atoms with Gasteiger partial charge in [0, 0.05) is 18.2 Å². The van der Waals surface area contributed by atoms with Gasteiger partial charge in [-0.15, -0.1) is 0 Å². The van der Waals surface area contributed by atoms with E-state index in [2.05, 4.69) is 19.2 Å². The van der Waals surface area contributed by atoms with Gasteiger partial charge in [-0.05, 0) is 24.3 Å². The third kappa shape index (κ3) is 2.63. The van der Waals surface area contributed by atoms with Crippen molar-refractivity contribution in [2.24, 2.45) is 5.41 Å². The molecule has 1 aromatic heterocycles. The lowest BCUT2D eigenvalue weighted by Gasteiger charge is -2.39. The minimum absolute atomic E-state index is 0.446. The zero-order chi connectivity index (χ0) is 10.7. The molecule has 1 N–H and O–H groups in total. The first-order chi connectivity index (χ1) is 7.18. The van der Waals surface area contributed by atoms with Gasteiger partial charge in [0.15, 0.2) is 0 Å². The Labute approximate surface area is 92.1 Å². The Hall–Kier alpha value is -0.760. The van der Waals surface area contributed by atoms with Crippen molar-refractivity contribution in [3.05, 3.63) is 24.2 Å². The van der Waals surface area contributed by atoms with E-state index in [1.807, 2.05) is 12.3 Å². The third-order valence-corrected chi connectivity index (χ3v) is 3.64. The highest BCUT2D eigenvalue weighted by molar-refractivity contribution is 5.05. The normalized spacial score (nSPS) is 25.3. The summed E-state index contributed by atoms with van der Waals surface area (Å²) in [6.07, 6.45) is 8.97. The summed E-state index contributed by atoms with van der Waals surface area (Å²) in [5, 5.41) is 3.65. The van der Waals surface area contributed by atoms with Gasteiger partial charge in [0.25, 0.3) is 0 Å². The van der Waals surface area contributed by atoms with Crippen LogP contribution in [0.3, 0.4) is 0 Å². The Bertz CT molecular complexity index is 289. The molecule has 0 bridgehead atoms. The van der Waals surface area contributed by atoms with Crippen LogP contribution >= 0.6 is 0 Å². The third-order valence-electron chi connectivity index (χ3n) is 3.64. The molecule has 1 fully saturated rings. The minimum Gasteiger partial charge on any atom is -0.472 e. The van der Waals surface area contributed by atoms with Crippen LogP contribution in [-0.2, 0) is 6.54 Å². The van der Waals surface area contributed by atoms with Gasteiger partial charge in [0.2, 0.25) is 0 Å². The number of hydrogen-bond donors (Lipinski definition) is 1. The van der Waals surface area contributed by atoms with Crippen molar-refractivity contribution in [3.63, 3.8) is 0 Å². The maximum Gasteiger partial charge on any atom is 0.0947 e. The van der Waals surface area contributed by atoms with E-state index in [0.717, 1.165) is 6.54 Å². The fourth-order valence-electron chi connectivity index (χ4n) is 2.51. The first kappa shape index (κ1) is 10.7. The second-order valence-electron chi connectivity index (χ2n) is 5.30. The quantitative estimate of drug-likeness (QED) is 0.822. The van der Waals surface area contributed by atoms with E-state index in [4.69, 9.17) is 4.42 Å². The van der Waals surface area contributed by atoms with E-state index < -0.39 is 0 Å². The maximum absolute atomic E-state index is 5.07. The number of hydrogen-bond acceptors (Lipinski definition) is 2. The summed E-state index contributed by atoms with van der Waals surface area (Å²) in [7, 11) is 0. The lowest BCUT2D eigenvalue weighted by molar-refractivity contribution is 0.166. The molecule has 1 heterocycles. The van der Waals surface area contributed by atoms with Crippen molar-refractivity contribution >= 4 is 0 Å². The van der Waals surface area contributed by atoms with E-state index in [0.29, 0.717) is 11.5 Å². The fraction of sp³-hybridized carbons (Fsp3) is 0.692. The maximum atomic E-state index is 5.07. The van der Waals surface area contributed by atoms with E-state index in [-0.39, 0.29) is 0 Å². The van der Waals surface area contributed by atoms with Crippen molar-refractivity contribution in [1.82, 2.24) is 5.32 Å². The second-order valence-corrected chi connectivity index (χ2v) is 5.30. The van der Waals surface area contributed by atoms with Crippen LogP contribution in [0.4, 0.5) is 0 Å². The molecule has 0 aromatic carbocycles. The van der Waals surface area contributed by atoms with Gasteiger partial charge in [-0.2, -0.15) is 0 Å². The number of nitrogens with one attached hydrogen (secondary N) is 1. The average Bonchev–Trinajstić information content (AvgIpc) is 2.68. The number of rotatable bonds is 3. The lowest BCUT2D eigenvalue weighted by Crippen LogP contribution is -2.43. The summed E-state index contributed by atoms with van der Waals surface area (Å²) in [5.74, 6) is 0. The van der Waals surface area contributed by atoms with Crippen LogP contribution in [-0.4, -0.2) is 6.04 Å². The summed E-state index contributed by atoms with van der Waals surface area (Å²) in [6, 6.07) is 2.68. The van der Waals surface area contributed by atoms with Gasteiger partial charge in [-0.3, -0.25) is 0 Å².